The maximum atomic E-state index is 2.38. The second-order valence-corrected chi connectivity index (χ2v) is 40.5. The molecule has 0 aromatic carbocycles. The summed E-state index contributed by atoms with van der Waals surface area (Å²) in [6.07, 6.45) is 89.9. The maximum Gasteiger partial charge on any atom is -0.0228 e. The summed E-state index contributed by atoms with van der Waals surface area (Å²) in [6.45, 7) is 0. The van der Waals surface area contributed by atoms with Crippen LogP contribution in [0.3, 0.4) is 0 Å². The Morgan fingerprint density at radius 3 is 0.922 bits per heavy atom. The first-order valence-corrected chi connectivity index (χ1v) is 44.3. The second-order valence-electron chi connectivity index (χ2n) is 40.5. The largest absolute Gasteiger partial charge is 0.0851 e. The van der Waals surface area contributed by atoms with Crippen molar-refractivity contribution < 1.29 is 0 Å². The van der Waals surface area contributed by atoms with Crippen LogP contribution in [0.1, 0.15) is 353 Å². The zero-order valence-corrected chi connectivity index (χ0v) is 59.0. The van der Waals surface area contributed by atoms with Gasteiger partial charge in [-0.2, -0.15) is 0 Å². The average molecular weight is 1230 g/mol. The lowest BCUT2D eigenvalue weighted by Gasteiger charge is -3.03. The molecule has 90 heavy (non-hydrogen) atoms. The highest BCUT2D eigenvalue weighted by atomic mass is 15.0. The Kier molecular flexibility index (Phi) is 18.7. The van der Waals surface area contributed by atoms with Crippen molar-refractivity contribution in [3.63, 3.8) is 0 Å². The topological polar surface area (TPSA) is 0 Å². The standard InChI is InChI=1S/C11H14.2C11H18.C9H14.C8H8.C8H16.2C7H10.C7H14.C6H12.C5H10/c1-4-5-2-9-8(1)10-6(4)3-7(5)11(9)10;1-3-9-7-10-4-2-6-11(10,5-1)8-9;1-2-4-10-9-5-6-11(10)8(3-1)7-9;1-6-2-8-4-7(1)5-9(8)3-6;1-2-5-3(1)7-4(1)6(2)8(5)7;1-2-4-6-8-7-5-3-1;1-4-2-6-5(1)7(6)3-4;1-2-7-4-3-6(1)5-7;1-2-4-6-7-5-3-1;1-2-4-6-5-3-1;1-2-4-5-3-1/h4-11H,1-3H2;9-10H,1-8H2;8-11H,1-7H2;6-9H,1-5H2;1-8H;1-8H2;4-7H,1-3H2;1-2,6-7H,3-5H2;1-7H2;1-6H2;1-5H2. The lowest BCUT2D eigenvalue weighted by molar-refractivity contribution is -0.565. The molecule has 0 aromatic heterocycles. The number of hydrogen-bond acceptors (Lipinski definition) is 0. The molecule has 504 valence electrons. The molecule has 0 heteroatoms. The van der Waals surface area contributed by atoms with Crippen LogP contribution >= 0.6 is 0 Å². The van der Waals surface area contributed by atoms with Crippen molar-refractivity contribution in [1.82, 2.24) is 0 Å². The predicted octanol–water partition coefficient (Wildman–Crippen LogP) is 25.9. The van der Waals surface area contributed by atoms with Gasteiger partial charge >= 0.3 is 0 Å². The smallest absolute Gasteiger partial charge is 0.0228 e. The fourth-order valence-corrected chi connectivity index (χ4v) is 33.2. The van der Waals surface area contributed by atoms with E-state index in [0.717, 1.165) is 23.2 Å². The van der Waals surface area contributed by atoms with Crippen LogP contribution in [-0.4, -0.2) is 0 Å². The molecule has 31 aliphatic carbocycles. The van der Waals surface area contributed by atoms with Crippen molar-refractivity contribution in [2.75, 3.05) is 0 Å². The fourth-order valence-electron chi connectivity index (χ4n) is 33.2. The Morgan fingerprint density at radius 2 is 0.544 bits per heavy atom. The summed E-state index contributed by atoms with van der Waals surface area (Å²) in [7, 11) is 0. The van der Waals surface area contributed by atoms with Crippen LogP contribution in [0.5, 0.6) is 0 Å². The Balaban J connectivity index is 0.0000000742. The first-order chi connectivity index (χ1) is 44.6. The summed E-state index contributed by atoms with van der Waals surface area (Å²) in [5.74, 6) is 39.6. The summed E-state index contributed by atoms with van der Waals surface area (Å²) < 4.78 is 0. The van der Waals surface area contributed by atoms with E-state index >= 15 is 0 Å². The Morgan fingerprint density at radius 1 is 0.189 bits per heavy atom. The lowest BCUT2D eigenvalue weighted by atomic mass is 9.01. The minimum absolute atomic E-state index is 0.906. The molecule has 18 bridgehead atoms. The first-order valence-electron chi connectivity index (χ1n) is 44.3. The molecule has 17 atom stereocenters. The highest BCUT2D eigenvalue weighted by molar-refractivity contribution is 5.44. The zero-order chi connectivity index (χ0) is 59.3. The van der Waals surface area contributed by atoms with Crippen LogP contribution in [0, 0.1) is 195 Å². The van der Waals surface area contributed by atoms with E-state index in [1.165, 1.54) is 358 Å². The molecule has 31 aliphatic rings. The molecule has 30 saturated carbocycles. The van der Waals surface area contributed by atoms with E-state index in [-0.39, 0.29) is 0 Å². The van der Waals surface area contributed by atoms with Gasteiger partial charge in [-0.15, -0.1) is 0 Å². The van der Waals surface area contributed by atoms with Gasteiger partial charge in [-0.05, 0) is 342 Å². The van der Waals surface area contributed by atoms with E-state index in [9.17, 15) is 0 Å². The van der Waals surface area contributed by atoms with Crippen molar-refractivity contribution in [2.45, 2.75) is 353 Å². The van der Waals surface area contributed by atoms with E-state index in [2.05, 4.69) is 12.2 Å². The Hall–Kier alpha value is -0.260. The molecular weight excluding hydrogens is 1080 g/mol. The second kappa shape index (κ2) is 27.1. The minimum atomic E-state index is 0.906. The van der Waals surface area contributed by atoms with Crippen LogP contribution in [0.15, 0.2) is 12.2 Å². The Labute approximate surface area is 556 Å². The van der Waals surface area contributed by atoms with Gasteiger partial charge in [0.05, 0.1) is 0 Å². The van der Waals surface area contributed by atoms with Crippen molar-refractivity contribution in [2.24, 2.45) is 195 Å². The molecule has 17 unspecified atom stereocenters. The molecule has 0 saturated heterocycles. The maximum absolute atomic E-state index is 2.38. The van der Waals surface area contributed by atoms with Crippen LogP contribution in [0.25, 0.3) is 0 Å². The van der Waals surface area contributed by atoms with Crippen molar-refractivity contribution >= 4 is 0 Å². The van der Waals surface area contributed by atoms with Gasteiger partial charge in [0.15, 0.2) is 0 Å². The van der Waals surface area contributed by atoms with Gasteiger partial charge in [0.2, 0.25) is 0 Å². The molecule has 0 amide bonds. The third-order valence-corrected chi connectivity index (χ3v) is 36.8. The van der Waals surface area contributed by atoms with Crippen LogP contribution in [0.2, 0.25) is 0 Å². The highest BCUT2D eigenvalue weighted by Gasteiger charge is 2.97. The molecule has 0 heterocycles. The summed E-state index contributed by atoms with van der Waals surface area (Å²) in [5, 5.41) is 0. The van der Waals surface area contributed by atoms with Gasteiger partial charge in [0, 0.05) is 0 Å². The number of allylic oxidation sites excluding steroid dienone is 2. The molecule has 1 spiro atoms. The molecule has 30 fully saturated rings. The van der Waals surface area contributed by atoms with E-state index in [0.29, 0.717) is 0 Å². The quantitative estimate of drug-likeness (QED) is 0.168. The van der Waals surface area contributed by atoms with Gasteiger partial charge in [0.25, 0.3) is 0 Å². The predicted molar refractivity (Wildman–Crippen MR) is 377 cm³/mol. The monoisotopic (exact) mass is 1230 g/mol. The average Bonchev–Trinajstić information content (AvgIpc) is 0.871. The lowest BCUT2D eigenvalue weighted by Crippen LogP contribution is -3.00. The molecule has 31 rings (SSSR count). The SMILES string of the molecule is C12C3C4C1C1C2C3C41.C1=CC2CCC1C2.C1C2C3CC4C5CC3C1C5C24.C1C2CC3C1C3C2.C1C2CC3CC1CC3C2.C1CC2CC3CCCC3(C1)C2.C1CCC2C3CCC2C(C1)C3.C1CCCC1.C1CCCCC1.C1CCCCCC1.C1CCCCCCC1. The summed E-state index contributed by atoms with van der Waals surface area (Å²) in [4.78, 5) is 0. The normalized spacial score (nSPS) is 55.6. The van der Waals surface area contributed by atoms with E-state index in [4.69, 9.17) is 0 Å². The third kappa shape index (κ3) is 11.6. The summed E-state index contributed by atoms with van der Waals surface area (Å²) >= 11 is 0. The van der Waals surface area contributed by atoms with Gasteiger partial charge in [-0.1, -0.05) is 218 Å². The van der Waals surface area contributed by atoms with E-state index in [1.54, 1.807) is 167 Å². The van der Waals surface area contributed by atoms with Crippen molar-refractivity contribution in [3.8, 4) is 0 Å². The van der Waals surface area contributed by atoms with Crippen molar-refractivity contribution in [3.05, 3.63) is 12.2 Å². The molecule has 0 aromatic rings. The Bertz CT molecular complexity index is 2060. The van der Waals surface area contributed by atoms with E-state index < -0.39 is 0 Å². The van der Waals surface area contributed by atoms with Crippen LogP contribution in [0.4, 0.5) is 0 Å². The van der Waals surface area contributed by atoms with Gasteiger partial charge in [-0.3, -0.25) is 0 Å². The zero-order valence-electron chi connectivity index (χ0n) is 59.0. The van der Waals surface area contributed by atoms with Crippen LogP contribution in [-0.2, 0) is 0 Å². The molecular formula is C90H144. The van der Waals surface area contributed by atoms with Crippen molar-refractivity contribution in [1.29, 1.82) is 0 Å². The molecule has 0 aliphatic heterocycles. The number of rotatable bonds is 0. The third-order valence-electron chi connectivity index (χ3n) is 36.8. The van der Waals surface area contributed by atoms with Gasteiger partial charge in [-0.25, -0.2) is 0 Å². The van der Waals surface area contributed by atoms with E-state index in [1.807, 2.05) is 0 Å². The summed E-state index contributed by atoms with van der Waals surface area (Å²) in [6, 6.07) is 0. The van der Waals surface area contributed by atoms with Crippen LogP contribution < -0.4 is 0 Å². The molecule has 0 radical (unpaired) electrons. The minimum Gasteiger partial charge on any atom is -0.0851 e. The number of hydrogen-bond donors (Lipinski definition) is 0. The summed E-state index contributed by atoms with van der Waals surface area (Å²) in [5.41, 5.74) is 0.906. The molecule has 0 nitrogen and oxygen atoms in total. The first kappa shape index (κ1) is 62.0. The fraction of sp³-hybridized carbons (Fsp3) is 0.978. The highest BCUT2D eigenvalue weighted by Crippen LogP contribution is 3.01. The van der Waals surface area contributed by atoms with Gasteiger partial charge in [0.1, 0.15) is 0 Å². The van der Waals surface area contributed by atoms with Gasteiger partial charge < -0.3 is 0 Å². The molecule has 0 N–H and O–H groups in total. The number of fused-ring (bicyclic) bond motifs is 5.